The van der Waals surface area contributed by atoms with E-state index in [9.17, 15) is 4.79 Å². The number of nitrogens with one attached hydrogen (secondary N) is 1. The summed E-state index contributed by atoms with van der Waals surface area (Å²) in [5.74, 6) is 1.53. The topological polar surface area (TPSA) is 79.7 Å². The molecule has 1 atom stereocenters. The van der Waals surface area contributed by atoms with Gasteiger partial charge in [0.2, 0.25) is 0 Å². The highest BCUT2D eigenvalue weighted by molar-refractivity contribution is 5.96. The molecule has 7 heteroatoms. The molecule has 2 aromatic heterocycles. The summed E-state index contributed by atoms with van der Waals surface area (Å²) in [4.78, 5) is 19.3. The number of aromatic nitrogens is 5. The predicted molar refractivity (Wildman–Crippen MR) is 81.5 cm³/mol. The van der Waals surface area contributed by atoms with Crippen molar-refractivity contribution in [2.24, 2.45) is 0 Å². The standard InChI is InChI=1S/C15H22N6O/c1-5-21-10(3)13(9(2)19-21)15(22)20-8-6-7-12(20)14-16-11(4)17-18-14/h12H,5-8H2,1-4H3,(H,16,17,18)/t12-/m1/s1. The summed E-state index contributed by atoms with van der Waals surface area (Å²) < 4.78 is 1.88. The van der Waals surface area contributed by atoms with E-state index in [1.807, 2.05) is 37.3 Å². The second kappa shape index (κ2) is 5.55. The van der Waals surface area contributed by atoms with Crippen LogP contribution in [0.4, 0.5) is 0 Å². The van der Waals surface area contributed by atoms with Crippen molar-refractivity contribution in [1.29, 1.82) is 0 Å². The molecular formula is C15H22N6O. The van der Waals surface area contributed by atoms with E-state index >= 15 is 0 Å². The van der Waals surface area contributed by atoms with Gasteiger partial charge < -0.3 is 4.90 Å². The van der Waals surface area contributed by atoms with Crippen LogP contribution in [0.15, 0.2) is 0 Å². The normalized spacial score (nSPS) is 18.2. The van der Waals surface area contributed by atoms with Gasteiger partial charge in [0.15, 0.2) is 5.82 Å². The molecule has 0 radical (unpaired) electrons. The minimum atomic E-state index is -0.0405. The molecule has 3 rings (SSSR count). The Kier molecular flexibility index (Phi) is 3.72. The first-order chi connectivity index (χ1) is 10.5. The lowest BCUT2D eigenvalue weighted by molar-refractivity contribution is 0.0728. The van der Waals surface area contributed by atoms with Gasteiger partial charge >= 0.3 is 0 Å². The minimum Gasteiger partial charge on any atom is -0.328 e. The summed E-state index contributed by atoms with van der Waals surface area (Å²) >= 11 is 0. The molecule has 22 heavy (non-hydrogen) atoms. The van der Waals surface area contributed by atoms with E-state index in [0.717, 1.165) is 48.7 Å². The molecule has 0 saturated carbocycles. The molecule has 1 saturated heterocycles. The number of rotatable bonds is 3. The highest BCUT2D eigenvalue weighted by Gasteiger charge is 2.35. The third kappa shape index (κ3) is 2.30. The number of hydrogen-bond acceptors (Lipinski definition) is 4. The zero-order valence-corrected chi connectivity index (χ0v) is 13.6. The molecule has 0 bridgehead atoms. The molecule has 0 spiro atoms. The second-order valence-electron chi connectivity index (χ2n) is 5.80. The van der Waals surface area contributed by atoms with E-state index in [1.165, 1.54) is 0 Å². The molecule has 7 nitrogen and oxygen atoms in total. The van der Waals surface area contributed by atoms with Gasteiger partial charge in [0.05, 0.1) is 17.3 Å². The summed E-state index contributed by atoms with van der Waals surface area (Å²) in [5, 5.41) is 11.6. The average molecular weight is 302 g/mol. The molecule has 1 fully saturated rings. The first-order valence-electron chi connectivity index (χ1n) is 7.76. The maximum absolute atomic E-state index is 13.0. The Hall–Kier alpha value is -2.18. The van der Waals surface area contributed by atoms with Crippen LogP contribution in [0.3, 0.4) is 0 Å². The van der Waals surface area contributed by atoms with Crippen molar-refractivity contribution in [2.75, 3.05) is 6.54 Å². The fourth-order valence-electron chi connectivity index (χ4n) is 3.25. The maximum atomic E-state index is 13.0. The maximum Gasteiger partial charge on any atom is 0.258 e. The van der Waals surface area contributed by atoms with Crippen molar-refractivity contribution in [1.82, 2.24) is 29.9 Å². The Morgan fingerprint density at radius 3 is 2.73 bits per heavy atom. The molecule has 1 N–H and O–H groups in total. The average Bonchev–Trinajstić information content (AvgIpc) is 3.17. The molecule has 0 unspecified atom stereocenters. The molecular weight excluding hydrogens is 280 g/mol. The van der Waals surface area contributed by atoms with E-state index in [4.69, 9.17) is 0 Å². The van der Waals surface area contributed by atoms with Crippen molar-refractivity contribution >= 4 is 5.91 Å². The van der Waals surface area contributed by atoms with E-state index in [2.05, 4.69) is 20.3 Å². The second-order valence-corrected chi connectivity index (χ2v) is 5.80. The predicted octanol–water partition coefficient (Wildman–Crippen LogP) is 1.92. The number of H-pyrrole nitrogens is 1. The molecule has 118 valence electrons. The Labute approximate surface area is 129 Å². The van der Waals surface area contributed by atoms with Crippen LogP contribution in [0, 0.1) is 20.8 Å². The number of aryl methyl sites for hydroxylation is 3. The number of carbonyl (C=O) groups is 1. The molecule has 1 amide bonds. The Balaban J connectivity index is 1.93. The lowest BCUT2D eigenvalue weighted by atomic mass is 10.1. The fraction of sp³-hybridized carbons (Fsp3) is 0.600. The van der Waals surface area contributed by atoms with Crippen molar-refractivity contribution in [3.8, 4) is 0 Å². The van der Waals surface area contributed by atoms with Gasteiger partial charge in [-0.05, 0) is 40.5 Å². The van der Waals surface area contributed by atoms with E-state index in [1.54, 1.807) is 0 Å². The van der Waals surface area contributed by atoms with Crippen LogP contribution in [0.25, 0.3) is 0 Å². The van der Waals surface area contributed by atoms with Crippen molar-refractivity contribution in [3.05, 3.63) is 28.6 Å². The van der Waals surface area contributed by atoms with Crippen molar-refractivity contribution in [3.63, 3.8) is 0 Å². The Bertz CT molecular complexity index is 701. The van der Waals surface area contributed by atoms with Crippen molar-refractivity contribution in [2.45, 2.75) is 53.1 Å². The Morgan fingerprint density at radius 1 is 1.36 bits per heavy atom. The highest BCUT2D eigenvalue weighted by Crippen LogP contribution is 2.32. The highest BCUT2D eigenvalue weighted by atomic mass is 16.2. The lowest BCUT2D eigenvalue weighted by Gasteiger charge is -2.22. The number of hydrogen-bond donors (Lipinski definition) is 1. The van der Waals surface area contributed by atoms with Gasteiger partial charge in [-0.25, -0.2) is 4.98 Å². The third-order valence-corrected chi connectivity index (χ3v) is 4.32. The SMILES string of the molecule is CCn1nc(C)c(C(=O)N2CCC[C@@H]2c2n[nH]c(C)n2)c1C. The van der Waals surface area contributed by atoms with Crippen LogP contribution in [-0.2, 0) is 6.54 Å². The number of aromatic amines is 1. The molecule has 3 heterocycles. The quantitative estimate of drug-likeness (QED) is 0.939. The minimum absolute atomic E-state index is 0.0405. The zero-order chi connectivity index (χ0) is 15.9. The van der Waals surface area contributed by atoms with Crippen LogP contribution < -0.4 is 0 Å². The molecule has 2 aromatic rings. The third-order valence-electron chi connectivity index (χ3n) is 4.32. The van der Waals surface area contributed by atoms with E-state index in [-0.39, 0.29) is 11.9 Å². The molecule has 0 aromatic carbocycles. The smallest absolute Gasteiger partial charge is 0.258 e. The first-order valence-corrected chi connectivity index (χ1v) is 7.76. The van der Waals surface area contributed by atoms with Gasteiger partial charge in [-0.3, -0.25) is 14.6 Å². The number of carbonyl (C=O) groups excluding carboxylic acids is 1. The van der Waals surface area contributed by atoms with Crippen LogP contribution >= 0.6 is 0 Å². The summed E-state index contributed by atoms with van der Waals surface area (Å²) in [6.45, 7) is 9.27. The van der Waals surface area contributed by atoms with Crippen LogP contribution in [0.2, 0.25) is 0 Å². The van der Waals surface area contributed by atoms with Crippen LogP contribution in [-0.4, -0.2) is 42.3 Å². The summed E-state index contributed by atoms with van der Waals surface area (Å²) in [6, 6.07) is -0.0405. The van der Waals surface area contributed by atoms with Gasteiger partial charge in [-0.2, -0.15) is 10.2 Å². The van der Waals surface area contributed by atoms with Gasteiger partial charge in [0.1, 0.15) is 5.82 Å². The van der Waals surface area contributed by atoms with Gasteiger partial charge in [-0.15, -0.1) is 0 Å². The number of likely N-dealkylation sites (tertiary alicyclic amines) is 1. The van der Waals surface area contributed by atoms with Gasteiger partial charge in [-0.1, -0.05) is 0 Å². The van der Waals surface area contributed by atoms with E-state index in [0.29, 0.717) is 5.82 Å². The van der Waals surface area contributed by atoms with Crippen LogP contribution in [0.5, 0.6) is 0 Å². The summed E-state index contributed by atoms with van der Waals surface area (Å²) in [6.07, 6.45) is 1.88. The first kappa shape index (κ1) is 14.7. The zero-order valence-electron chi connectivity index (χ0n) is 13.6. The molecule has 1 aliphatic rings. The molecule has 0 aliphatic carbocycles. The monoisotopic (exact) mass is 302 g/mol. The van der Waals surface area contributed by atoms with Crippen molar-refractivity contribution < 1.29 is 4.79 Å². The summed E-state index contributed by atoms with van der Waals surface area (Å²) in [5.41, 5.74) is 2.45. The van der Waals surface area contributed by atoms with Crippen LogP contribution in [0.1, 0.15) is 59.2 Å². The van der Waals surface area contributed by atoms with Gasteiger partial charge in [0, 0.05) is 18.8 Å². The fourth-order valence-corrected chi connectivity index (χ4v) is 3.25. The van der Waals surface area contributed by atoms with E-state index < -0.39 is 0 Å². The lowest BCUT2D eigenvalue weighted by Crippen LogP contribution is -2.32. The largest absolute Gasteiger partial charge is 0.328 e. The Morgan fingerprint density at radius 2 is 2.14 bits per heavy atom. The van der Waals surface area contributed by atoms with Gasteiger partial charge in [0.25, 0.3) is 5.91 Å². The molecule has 1 aliphatic heterocycles. The number of amides is 1. The number of nitrogens with zero attached hydrogens (tertiary/aromatic N) is 5. The summed E-state index contributed by atoms with van der Waals surface area (Å²) in [7, 11) is 0.